The number of hydrogen-bond donors (Lipinski definition) is 2. The average Bonchev–Trinajstić information content (AvgIpc) is 3.05. The number of nitrogen functional groups attached to an aromatic ring is 1. The molecule has 0 aromatic carbocycles. The molecular formula is C12H16N4O2S. The van der Waals surface area contributed by atoms with Gasteiger partial charge in [0.1, 0.15) is 16.2 Å². The highest BCUT2D eigenvalue weighted by atomic mass is 32.1. The van der Waals surface area contributed by atoms with Gasteiger partial charge in [-0.25, -0.2) is 4.98 Å². The van der Waals surface area contributed by atoms with Gasteiger partial charge in [0.2, 0.25) is 5.95 Å². The molecule has 6 nitrogen and oxygen atoms in total. The third-order valence-corrected chi connectivity index (χ3v) is 4.23. The van der Waals surface area contributed by atoms with Crippen molar-refractivity contribution in [1.29, 1.82) is 0 Å². The molecule has 7 heteroatoms. The molecule has 2 aromatic heterocycles. The quantitative estimate of drug-likeness (QED) is 0.883. The number of nitrogens with zero attached hydrogens (tertiary/aromatic N) is 2. The summed E-state index contributed by atoms with van der Waals surface area (Å²) in [6.45, 7) is 1.98. The smallest absolute Gasteiger partial charge is 0.223 e. The lowest BCUT2D eigenvalue weighted by Crippen LogP contribution is -2.39. The van der Waals surface area contributed by atoms with Gasteiger partial charge < -0.3 is 20.5 Å². The number of aromatic nitrogens is 2. The summed E-state index contributed by atoms with van der Waals surface area (Å²) in [6.07, 6.45) is 0.879. The van der Waals surface area contributed by atoms with Crippen LogP contribution in [0.5, 0.6) is 0 Å². The molecule has 0 saturated carbocycles. The van der Waals surface area contributed by atoms with Crippen molar-refractivity contribution in [3.8, 4) is 0 Å². The largest absolute Gasteiger partial charge is 0.378 e. The van der Waals surface area contributed by atoms with E-state index in [1.54, 1.807) is 18.4 Å². The SMILES string of the molecule is COC1(CNc2nc(N)nc3sccc23)CCOC1. The molecule has 1 saturated heterocycles. The van der Waals surface area contributed by atoms with E-state index in [1.807, 2.05) is 11.4 Å². The maximum absolute atomic E-state index is 5.72. The van der Waals surface area contributed by atoms with Gasteiger partial charge in [-0.15, -0.1) is 11.3 Å². The summed E-state index contributed by atoms with van der Waals surface area (Å²) in [7, 11) is 1.71. The maximum Gasteiger partial charge on any atom is 0.223 e. The van der Waals surface area contributed by atoms with Crippen molar-refractivity contribution in [2.45, 2.75) is 12.0 Å². The van der Waals surface area contributed by atoms with E-state index < -0.39 is 0 Å². The maximum atomic E-state index is 5.72. The topological polar surface area (TPSA) is 82.3 Å². The predicted octanol–water partition coefficient (Wildman–Crippen LogP) is 1.49. The number of nitrogens with two attached hydrogens (primary N) is 1. The Hall–Kier alpha value is -1.44. The van der Waals surface area contributed by atoms with Crippen molar-refractivity contribution < 1.29 is 9.47 Å². The normalized spacial score (nSPS) is 23.0. The predicted molar refractivity (Wildman–Crippen MR) is 75.5 cm³/mol. The molecular weight excluding hydrogens is 264 g/mol. The fraction of sp³-hybridized carbons (Fsp3) is 0.500. The van der Waals surface area contributed by atoms with Crippen molar-refractivity contribution in [3.63, 3.8) is 0 Å². The second-order valence-electron chi connectivity index (χ2n) is 4.61. The second kappa shape index (κ2) is 4.92. The van der Waals surface area contributed by atoms with Crippen LogP contribution in [-0.4, -0.2) is 42.4 Å². The summed E-state index contributed by atoms with van der Waals surface area (Å²) >= 11 is 1.55. The summed E-state index contributed by atoms with van der Waals surface area (Å²) in [5.74, 6) is 1.04. The summed E-state index contributed by atoms with van der Waals surface area (Å²) in [4.78, 5) is 9.36. The summed E-state index contributed by atoms with van der Waals surface area (Å²) in [6, 6.07) is 1.99. The van der Waals surface area contributed by atoms with Crippen molar-refractivity contribution >= 4 is 33.3 Å². The molecule has 1 aliphatic rings. The van der Waals surface area contributed by atoms with Crippen molar-refractivity contribution in [1.82, 2.24) is 9.97 Å². The Morgan fingerprint density at radius 1 is 1.58 bits per heavy atom. The van der Waals surface area contributed by atoms with Crippen LogP contribution in [0, 0.1) is 0 Å². The van der Waals surface area contributed by atoms with E-state index in [1.165, 1.54) is 0 Å². The average molecular weight is 280 g/mol. The number of ether oxygens (including phenoxy) is 2. The van der Waals surface area contributed by atoms with E-state index in [0.717, 1.165) is 29.1 Å². The van der Waals surface area contributed by atoms with Crippen LogP contribution in [0.25, 0.3) is 10.2 Å². The Morgan fingerprint density at radius 2 is 2.47 bits per heavy atom. The number of methoxy groups -OCH3 is 1. The fourth-order valence-electron chi connectivity index (χ4n) is 2.21. The first-order chi connectivity index (χ1) is 9.22. The Kier molecular flexibility index (Phi) is 3.26. The number of anilines is 2. The third-order valence-electron chi connectivity index (χ3n) is 3.42. The van der Waals surface area contributed by atoms with Gasteiger partial charge in [0.15, 0.2) is 0 Å². The fourth-order valence-corrected chi connectivity index (χ4v) is 2.98. The first-order valence-electron chi connectivity index (χ1n) is 6.10. The third kappa shape index (κ3) is 2.36. The van der Waals surface area contributed by atoms with Gasteiger partial charge >= 0.3 is 0 Å². The number of hydrogen-bond acceptors (Lipinski definition) is 7. The first kappa shape index (κ1) is 12.6. The van der Waals surface area contributed by atoms with E-state index in [4.69, 9.17) is 15.2 Å². The highest BCUT2D eigenvalue weighted by Gasteiger charge is 2.35. The zero-order chi connectivity index (χ0) is 13.3. The van der Waals surface area contributed by atoms with Gasteiger partial charge in [-0.3, -0.25) is 0 Å². The number of thiophene rings is 1. The minimum Gasteiger partial charge on any atom is -0.378 e. The van der Waals surface area contributed by atoms with E-state index in [9.17, 15) is 0 Å². The first-order valence-corrected chi connectivity index (χ1v) is 6.98. The zero-order valence-corrected chi connectivity index (χ0v) is 11.5. The van der Waals surface area contributed by atoms with Gasteiger partial charge in [0.25, 0.3) is 0 Å². The van der Waals surface area contributed by atoms with Crippen molar-refractivity contribution in [3.05, 3.63) is 11.4 Å². The minimum absolute atomic E-state index is 0.276. The number of rotatable bonds is 4. The monoisotopic (exact) mass is 280 g/mol. The van der Waals surface area contributed by atoms with Crippen LogP contribution in [-0.2, 0) is 9.47 Å². The molecule has 1 unspecified atom stereocenters. The minimum atomic E-state index is -0.276. The van der Waals surface area contributed by atoms with E-state index >= 15 is 0 Å². The van der Waals surface area contributed by atoms with Crippen LogP contribution in [0.3, 0.4) is 0 Å². The van der Waals surface area contributed by atoms with Gasteiger partial charge in [0.05, 0.1) is 12.0 Å². The number of fused-ring (bicyclic) bond motifs is 1. The standard InChI is InChI=1S/C12H16N4O2S/c1-17-12(3-4-18-7-12)6-14-9-8-2-5-19-10(8)16-11(13)15-9/h2,5H,3-4,6-7H2,1H3,(H3,13,14,15,16). The second-order valence-corrected chi connectivity index (χ2v) is 5.51. The molecule has 2 aromatic rings. The zero-order valence-electron chi connectivity index (χ0n) is 10.7. The van der Waals surface area contributed by atoms with Gasteiger partial charge in [-0.05, 0) is 11.4 Å². The van der Waals surface area contributed by atoms with Crippen LogP contribution in [0.2, 0.25) is 0 Å². The Balaban J connectivity index is 1.83. The molecule has 1 fully saturated rings. The van der Waals surface area contributed by atoms with Gasteiger partial charge in [0, 0.05) is 26.7 Å². The van der Waals surface area contributed by atoms with Crippen LogP contribution in [0.1, 0.15) is 6.42 Å². The van der Waals surface area contributed by atoms with Gasteiger partial charge in [-0.1, -0.05) is 0 Å². The highest BCUT2D eigenvalue weighted by Crippen LogP contribution is 2.28. The van der Waals surface area contributed by atoms with Crippen LogP contribution >= 0.6 is 11.3 Å². The molecule has 0 amide bonds. The lowest BCUT2D eigenvalue weighted by molar-refractivity contribution is -0.00623. The summed E-state index contributed by atoms with van der Waals surface area (Å²) < 4.78 is 11.0. The molecule has 3 N–H and O–H groups in total. The van der Waals surface area contributed by atoms with E-state index in [-0.39, 0.29) is 11.5 Å². The molecule has 3 rings (SSSR count). The lowest BCUT2D eigenvalue weighted by Gasteiger charge is -2.26. The molecule has 102 valence electrons. The van der Waals surface area contributed by atoms with Crippen LogP contribution < -0.4 is 11.1 Å². The molecule has 0 radical (unpaired) electrons. The molecule has 1 atom stereocenters. The van der Waals surface area contributed by atoms with Crippen LogP contribution in [0.15, 0.2) is 11.4 Å². The lowest BCUT2D eigenvalue weighted by atomic mass is 10.0. The Bertz CT molecular complexity index is 580. The molecule has 19 heavy (non-hydrogen) atoms. The van der Waals surface area contributed by atoms with E-state index in [0.29, 0.717) is 13.2 Å². The van der Waals surface area contributed by atoms with E-state index in [2.05, 4.69) is 15.3 Å². The Morgan fingerprint density at radius 3 is 3.21 bits per heavy atom. The van der Waals surface area contributed by atoms with Crippen LogP contribution in [0.4, 0.5) is 11.8 Å². The molecule has 0 aliphatic carbocycles. The molecule has 3 heterocycles. The van der Waals surface area contributed by atoms with Gasteiger partial charge in [-0.2, -0.15) is 4.98 Å². The highest BCUT2D eigenvalue weighted by molar-refractivity contribution is 7.16. The summed E-state index contributed by atoms with van der Waals surface area (Å²) in [5.41, 5.74) is 5.45. The Labute approximate surface area is 114 Å². The molecule has 0 bridgehead atoms. The van der Waals surface area contributed by atoms with Crippen molar-refractivity contribution in [2.24, 2.45) is 0 Å². The molecule has 1 aliphatic heterocycles. The summed E-state index contributed by atoms with van der Waals surface area (Å²) in [5, 5.41) is 6.29. The number of nitrogens with one attached hydrogen (secondary N) is 1. The van der Waals surface area contributed by atoms with Crippen molar-refractivity contribution in [2.75, 3.05) is 37.9 Å². The molecule has 0 spiro atoms.